The van der Waals surface area contributed by atoms with Gasteiger partial charge >= 0.3 is 0 Å². The van der Waals surface area contributed by atoms with Gasteiger partial charge in [-0.15, -0.1) is 17.7 Å². The van der Waals surface area contributed by atoms with Crippen LogP contribution in [0.15, 0.2) is 42.6 Å². The standard InChI is InChI=1S/C9H12ClNSi/c1-3-12(2,10)11-9-7-5-4-6-8-9/h3-8,11H,1H2,2H3. The van der Waals surface area contributed by atoms with E-state index >= 15 is 0 Å². The lowest BCUT2D eigenvalue weighted by molar-refractivity contribution is 1.64. The molecule has 1 nitrogen and oxygen atoms in total. The van der Waals surface area contributed by atoms with Crippen LogP contribution in [0.25, 0.3) is 0 Å². The van der Waals surface area contributed by atoms with Crippen LogP contribution in [-0.4, -0.2) is 7.55 Å². The van der Waals surface area contributed by atoms with Crippen molar-refractivity contribution in [1.29, 1.82) is 0 Å². The van der Waals surface area contributed by atoms with Gasteiger partial charge in [0.25, 0.3) is 7.55 Å². The summed E-state index contributed by atoms with van der Waals surface area (Å²) >= 11 is 6.16. The van der Waals surface area contributed by atoms with Crippen LogP contribution >= 0.6 is 11.1 Å². The number of anilines is 1. The first-order chi connectivity index (χ1) is 5.64. The number of nitrogens with one attached hydrogen (secondary N) is 1. The summed E-state index contributed by atoms with van der Waals surface area (Å²) in [5, 5.41) is 0. The Hall–Kier alpha value is -0.733. The van der Waals surface area contributed by atoms with Gasteiger partial charge in [0.2, 0.25) is 0 Å². The molecule has 1 rings (SSSR count). The second kappa shape index (κ2) is 3.78. The lowest BCUT2D eigenvalue weighted by Crippen LogP contribution is -2.31. The van der Waals surface area contributed by atoms with Gasteiger partial charge in [-0.2, -0.15) is 0 Å². The van der Waals surface area contributed by atoms with E-state index in [4.69, 9.17) is 11.1 Å². The maximum absolute atomic E-state index is 6.16. The minimum Gasteiger partial charge on any atom is -0.396 e. The van der Waals surface area contributed by atoms with E-state index in [1.807, 2.05) is 42.6 Å². The highest BCUT2D eigenvalue weighted by molar-refractivity contribution is 7.24. The van der Waals surface area contributed by atoms with Gasteiger partial charge in [0.05, 0.1) is 0 Å². The lowest BCUT2D eigenvalue weighted by atomic mass is 10.3. The second-order valence-corrected chi connectivity index (χ2v) is 7.94. The average molecular weight is 198 g/mol. The van der Waals surface area contributed by atoms with Gasteiger partial charge < -0.3 is 4.98 Å². The van der Waals surface area contributed by atoms with Gasteiger partial charge in [0.1, 0.15) is 0 Å². The summed E-state index contributed by atoms with van der Waals surface area (Å²) in [4.78, 5) is 3.25. The van der Waals surface area contributed by atoms with E-state index in [0.717, 1.165) is 5.69 Å². The number of hydrogen-bond donors (Lipinski definition) is 1. The first-order valence-corrected chi connectivity index (χ1v) is 7.39. The van der Waals surface area contributed by atoms with E-state index < -0.39 is 7.55 Å². The van der Waals surface area contributed by atoms with Crippen LogP contribution in [0.4, 0.5) is 5.69 Å². The molecule has 0 fully saturated rings. The predicted octanol–water partition coefficient (Wildman–Crippen LogP) is 3.13. The molecule has 0 radical (unpaired) electrons. The molecular weight excluding hydrogens is 186 g/mol. The maximum atomic E-state index is 6.16. The molecule has 0 bridgehead atoms. The van der Waals surface area contributed by atoms with Crippen molar-refractivity contribution in [2.75, 3.05) is 4.98 Å². The highest BCUT2D eigenvalue weighted by atomic mass is 35.6. The molecule has 1 atom stereocenters. The zero-order valence-corrected chi connectivity index (χ0v) is 8.81. The van der Waals surface area contributed by atoms with Gasteiger partial charge in [0.15, 0.2) is 0 Å². The highest BCUT2D eigenvalue weighted by Gasteiger charge is 2.19. The van der Waals surface area contributed by atoms with Crippen LogP contribution in [0.5, 0.6) is 0 Å². The minimum absolute atomic E-state index is 1.06. The van der Waals surface area contributed by atoms with Gasteiger partial charge in [-0.05, 0) is 18.7 Å². The topological polar surface area (TPSA) is 12.0 Å². The monoisotopic (exact) mass is 197 g/mol. The van der Waals surface area contributed by atoms with Gasteiger partial charge in [0, 0.05) is 5.69 Å². The van der Waals surface area contributed by atoms with Crippen molar-refractivity contribution < 1.29 is 0 Å². The third-order valence-electron chi connectivity index (χ3n) is 1.55. The molecule has 0 saturated carbocycles. The summed E-state index contributed by atoms with van der Waals surface area (Å²) in [5.74, 6) is 0. The Labute approximate surface area is 78.9 Å². The van der Waals surface area contributed by atoms with Crippen molar-refractivity contribution in [3.63, 3.8) is 0 Å². The van der Waals surface area contributed by atoms with Crippen molar-refractivity contribution in [1.82, 2.24) is 0 Å². The van der Waals surface area contributed by atoms with E-state index in [1.165, 1.54) is 0 Å². The first kappa shape index (κ1) is 9.36. The first-order valence-electron chi connectivity index (χ1n) is 3.80. The maximum Gasteiger partial charge on any atom is 0.274 e. The molecule has 12 heavy (non-hydrogen) atoms. The Balaban J connectivity index is 2.70. The van der Waals surface area contributed by atoms with Crippen LogP contribution < -0.4 is 4.98 Å². The fourth-order valence-corrected chi connectivity index (χ4v) is 2.02. The summed E-state index contributed by atoms with van der Waals surface area (Å²) < 4.78 is 0. The minimum atomic E-state index is -1.93. The molecule has 0 aliphatic carbocycles. The van der Waals surface area contributed by atoms with E-state index in [2.05, 4.69) is 11.6 Å². The van der Waals surface area contributed by atoms with Crippen LogP contribution in [0.3, 0.4) is 0 Å². The van der Waals surface area contributed by atoms with Gasteiger partial charge in [-0.25, -0.2) is 0 Å². The SMILES string of the molecule is C=C[Si](C)(Cl)Nc1ccccc1. The number of halogens is 1. The molecule has 64 valence electrons. The third-order valence-corrected chi connectivity index (χ3v) is 3.84. The largest absolute Gasteiger partial charge is 0.396 e. The van der Waals surface area contributed by atoms with Crippen LogP contribution in [0.1, 0.15) is 0 Å². The predicted molar refractivity (Wildman–Crippen MR) is 57.7 cm³/mol. The quantitative estimate of drug-likeness (QED) is 0.580. The van der Waals surface area contributed by atoms with Gasteiger partial charge in [-0.3, -0.25) is 0 Å². The molecule has 1 aromatic rings. The van der Waals surface area contributed by atoms with E-state index in [-0.39, 0.29) is 0 Å². The lowest BCUT2D eigenvalue weighted by Gasteiger charge is -2.17. The zero-order chi connectivity index (χ0) is 9.03. The number of hydrogen-bond acceptors (Lipinski definition) is 1. The van der Waals surface area contributed by atoms with Crippen molar-refractivity contribution in [2.45, 2.75) is 6.55 Å². The summed E-state index contributed by atoms with van der Waals surface area (Å²) in [6, 6.07) is 9.93. The number of rotatable bonds is 3. The second-order valence-electron chi connectivity index (χ2n) is 2.77. The summed E-state index contributed by atoms with van der Waals surface area (Å²) in [7, 11) is -1.93. The van der Waals surface area contributed by atoms with Crippen molar-refractivity contribution in [2.24, 2.45) is 0 Å². The molecule has 0 heterocycles. The molecule has 1 N–H and O–H groups in total. The molecule has 1 aromatic carbocycles. The Morgan fingerprint density at radius 2 is 2.00 bits per heavy atom. The Morgan fingerprint density at radius 1 is 1.42 bits per heavy atom. The average Bonchev–Trinajstić information content (AvgIpc) is 2.06. The van der Waals surface area contributed by atoms with Gasteiger partial charge in [-0.1, -0.05) is 23.9 Å². The molecule has 1 unspecified atom stereocenters. The molecule has 0 aromatic heterocycles. The Bertz CT molecular complexity index is 258. The van der Waals surface area contributed by atoms with Crippen molar-refractivity contribution in [3.05, 3.63) is 42.6 Å². The molecule has 0 amide bonds. The smallest absolute Gasteiger partial charge is 0.274 e. The zero-order valence-electron chi connectivity index (χ0n) is 7.05. The third kappa shape index (κ3) is 2.72. The molecule has 0 aliphatic heterocycles. The Morgan fingerprint density at radius 3 is 2.50 bits per heavy atom. The summed E-state index contributed by atoms with van der Waals surface area (Å²) in [6.45, 7) is 5.69. The van der Waals surface area contributed by atoms with Crippen LogP contribution in [0.2, 0.25) is 6.55 Å². The molecule has 0 aliphatic rings. The fourth-order valence-electron chi connectivity index (χ4n) is 0.855. The normalized spacial score (nSPS) is 14.8. The Kier molecular flexibility index (Phi) is 2.95. The van der Waals surface area contributed by atoms with Crippen LogP contribution in [0, 0.1) is 0 Å². The molecular formula is C9H12ClNSi. The molecule has 0 spiro atoms. The summed E-state index contributed by atoms with van der Waals surface area (Å²) in [6.07, 6.45) is 0. The number of para-hydroxylation sites is 1. The van der Waals surface area contributed by atoms with Crippen molar-refractivity contribution >= 4 is 24.3 Å². The fraction of sp³-hybridized carbons (Fsp3) is 0.111. The molecule has 0 saturated heterocycles. The summed E-state index contributed by atoms with van der Waals surface area (Å²) in [5.41, 5.74) is 2.86. The molecule has 3 heteroatoms. The van der Waals surface area contributed by atoms with Crippen LogP contribution in [-0.2, 0) is 0 Å². The highest BCUT2D eigenvalue weighted by Crippen LogP contribution is 2.15. The van der Waals surface area contributed by atoms with E-state index in [1.54, 1.807) is 0 Å². The van der Waals surface area contributed by atoms with Crippen molar-refractivity contribution in [3.8, 4) is 0 Å². The van der Waals surface area contributed by atoms with E-state index in [9.17, 15) is 0 Å². The number of benzene rings is 1. The van der Waals surface area contributed by atoms with E-state index in [0.29, 0.717) is 0 Å².